The van der Waals surface area contributed by atoms with Gasteiger partial charge in [0, 0.05) is 66.6 Å². The molecule has 0 saturated heterocycles. The quantitative estimate of drug-likeness (QED) is 0.236. The Morgan fingerprint density at radius 3 is 1.25 bits per heavy atom. The Morgan fingerprint density at radius 2 is 1.00 bits per heavy atom. The highest BCUT2D eigenvalue weighted by molar-refractivity contribution is 6.60. The predicted octanol–water partition coefficient (Wildman–Crippen LogP) is 4.07. The number of rotatable bonds is 18. The molecule has 0 aromatic rings. The van der Waals surface area contributed by atoms with Crippen molar-refractivity contribution in [2.45, 2.75) is 70.9 Å². The van der Waals surface area contributed by atoms with Gasteiger partial charge >= 0.3 is 17.6 Å². The number of hydrogen-bond donors (Lipinski definition) is 0. The second-order valence-corrected chi connectivity index (χ2v) is 13.5. The van der Waals surface area contributed by atoms with Gasteiger partial charge in [0.05, 0.1) is 0 Å². The molecule has 0 N–H and O–H groups in total. The van der Waals surface area contributed by atoms with Crippen molar-refractivity contribution in [3.63, 3.8) is 0 Å². The monoisotopic (exact) mass is 438 g/mol. The Labute approximate surface area is 174 Å². The Morgan fingerprint density at radius 1 is 0.679 bits per heavy atom. The van der Waals surface area contributed by atoms with Crippen LogP contribution in [0.25, 0.3) is 0 Å². The smallest absolute Gasteiger partial charge is 0.377 e. The summed E-state index contributed by atoms with van der Waals surface area (Å²) in [4.78, 5) is 12.6. The average Bonchev–Trinajstić information content (AvgIpc) is 2.74. The van der Waals surface area contributed by atoms with Crippen LogP contribution in [-0.2, 0) is 31.4 Å². The van der Waals surface area contributed by atoms with Gasteiger partial charge in [0.15, 0.2) is 0 Å². The molecule has 0 aliphatic heterocycles. The van der Waals surface area contributed by atoms with Gasteiger partial charge in [-0.15, -0.1) is 0 Å². The van der Waals surface area contributed by atoms with Crippen LogP contribution in [0.2, 0.25) is 12.1 Å². The van der Waals surface area contributed by atoms with E-state index in [0.717, 1.165) is 50.6 Å². The molecule has 0 heterocycles. The van der Waals surface area contributed by atoms with Crippen LogP contribution < -0.4 is 0 Å². The third kappa shape index (κ3) is 8.31. The SMILES string of the molecule is CCC(=O)C(C)(CCCC[Si](OC)(OC)OC)CCCC[Si](OC)(OC)OC. The van der Waals surface area contributed by atoms with Crippen molar-refractivity contribution in [2.24, 2.45) is 5.41 Å². The third-order valence-electron chi connectivity index (χ3n) is 5.78. The van der Waals surface area contributed by atoms with Crippen LogP contribution in [0, 0.1) is 5.41 Å². The standard InChI is InChI=1S/C19H42O7Si2/c1-9-18(20)19(2,14-10-12-16-27(21-3,22-4)23-5)15-11-13-17-28(24-6,25-7)26-8/h9-17H2,1-8H3. The average molecular weight is 439 g/mol. The van der Waals surface area contributed by atoms with Crippen LogP contribution in [0.4, 0.5) is 0 Å². The maximum absolute atomic E-state index is 12.6. The second-order valence-electron chi connectivity index (χ2n) is 7.34. The molecule has 9 heteroatoms. The topological polar surface area (TPSA) is 72.5 Å². The molecule has 28 heavy (non-hydrogen) atoms. The van der Waals surface area contributed by atoms with Gasteiger partial charge in [-0.1, -0.05) is 26.7 Å². The number of unbranched alkanes of at least 4 members (excludes halogenated alkanes) is 2. The summed E-state index contributed by atoms with van der Waals surface area (Å²) in [5.74, 6) is 0.329. The molecule has 0 unspecified atom stereocenters. The molecule has 0 fully saturated rings. The summed E-state index contributed by atoms with van der Waals surface area (Å²) in [6, 6.07) is 1.52. The maximum Gasteiger partial charge on any atom is 0.500 e. The molecule has 0 aromatic heterocycles. The molecule has 0 aliphatic carbocycles. The van der Waals surface area contributed by atoms with Crippen molar-refractivity contribution in [3.8, 4) is 0 Å². The zero-order chi connectivity index (χ0) is 21.7. The summed E-state index contributed by atoms with van der Waals surface area (Å²) in [6.07, 6.45) is 6.02. The van der Waals surface area contributed by atoms with Gasteiger partial charge in [-0.2, -0.15) is 0 Å². The molecular weight excluding hydrogens is 396 g/mol. The van der Waals surface area contributed by atoms with E-state index in [0.29, 0.717) is 12.2 Å². The molecule has 0 amide bonds. The van der Waals surface area contributed by atoms with Crippen molar-refractivity contribution in [1.82, 2.24) is 0 Å². The normalized spacial score (nSPS) is 13.1. The van der Waals surface area contributed by atoms with Gasteiger partial charge in [0.1, 0.15) is 5.78 Å². The summed E-state index contributed by atoms with van der Waals surface area (Å²) in [6.45, 7) is 4.04. The molecule has 0 atom stereocenters. The molecule has 0 spiro atoms. The molecule has 0 aromatic carbocycles. The van der Waals surface area contributed by atoms with Crippen molar-refractivity contribution < 1.29 is 31.4 Å². The first-order valence-corrected chi connectivity index (χ1v) is 14.0. The summed E-state index contributed by atoms with van der Waals surface area (Å²) >= 11 is 0. The van der Waals surface area contributed by atoms with Gasteiger partial charge in [-0.05, 0) is 25.7 Å². The molecule has 168 valence electrons. The minimum Gasteiger partial charge on any atom is -0.377 e. The van der Waals surface area contributed by atoms with E-state index in [4.69, 9.17) is 26.6 Å². The van der Waals surface area contributed by atoms with Crippen LogP contribution >= 0.6 is 0 Å². The minimum absolute atomic E-state index is 0.302. The first-order valence-electron chi connectivity index (χ1n) is 10.1. The highest BCUT2D eigenvalue weighted by atomic mass is 28.4. The highest BCUT2D eigenvalue weighted by Gasteiger charge is 2.39. The molecule has 0 bridgehead atoms. The molecule has 0 saturated carbocycles. The number of carbonyl (C=O) groups is 1. The van der Waals surface area contributed by atoms with Crippen molar-refractivity contribution in [2.75, 3.05) is 42.7 Å². The lowest BCUT2D eigenvalue weighted by Gasteiger charge is -2.30. The van der Waals surface area contributed by atoms with E-state index in [1.165, 1.54) is 0 Å². The fourth-order valence-corrected chi connectivity index (χ4v) is 7.25. The van der Waals surface area contributed by atoms with Gasteiger partial charge < -0.3 is 26.6 Å². The van der Waals surface area contributed by atoms with Gasteiger partial charge in [-0.3, -0.25) is 4.79 Å². The van der Waals surface area contributed by atoms with E-state index >= 15 is 0 Å². The number of Topliss-reactive ketones (excluding diaryl/α,β-unsaturated/α-hetero) is 1. The lowest BCUT2D eigenvalue weighted by molar-refractivity contribution is -0.128. The Kier molecular flexibility index (Phi) is 13.9. The summed E-state index contributed by atoms with van der Waals surface area (Å²) in [5, 5.41) is 0. The molecule has 7 nitrogen and oxygen atoms in total. The lowest BCUT2D eigenvalue weighted by atomic mass is 9.76. The lowest BCUT2D eigenvalue weighted by Crippen LogP contribution is -2.42. The maximum atomic E-state index is 12.6. The van der Waals surface area contributed by atoms with Crippen LogP contribution in [0.15, 0.2) is 0 Å². The fourth-order valence-electron chi connectivity index (χ4n) is 3.66. The van der Waals surface area contributed by atoms with Crippen molar-refractivity contribution in [3.05, 3.63) is 0 Å². The Hall–Kier alpha value is -0.136. The molecular formula is C19H42O7Si2. The van der Waals surface area contributed by atoms with Gasteiger partial charge in [0.2, 0.25) is 0 Å². The van der Waals surface area contributed by atoms with E-state index in [-0.39, 0.29) is 5.41 Å². The van der Waals surface area contributed by atoms with E-state index < -0.39 is 17.6 Å². The molecule has 0 radical (unpaired) electrons. The van der Waals surface area contributed by atoms with E-state index in [1.807, 2.05) is 6.92 Å². The number of carbonyl (C=O) groups excluding carboxylic acids is 1. The zero-order valence-electron chi connectivity index (χ0n) is 19.2. The minimum atomic E-state index is -2.54. The Balaban J connectivity index is 4.64. The van der Waals surface area contributed by atoms with E-state index in [9.17, 15) is 4.79 Å². The van der Waals surface area contributed by atoms with Gasteiger partial charge in [-0.25, -0.2) is 0 Å². The number of ketones is 1. The summed E-state index contributed by atoms with van der Waals surface area (Å²) < 4.78 is 32.9. The van der Waals surface area contributed by atoms with Crippen LogP contribution in [0.1, 0.15) is 58.8 Å². The fraction of sp³-hybridized carbons (Fsp3) is 0.947. The molecule has 0 aliphatic rings. The molecule has 0 rings (SSSR count). The summed E-state index contributed by atoms with van der Waals surface area (Å²) in [5.41, 5.74) is -0.302. The van der Waals surface area contributed by atoms with Gasteiger partial charge in [0.25, 0.3) is 0 Å². The van der Waals surface area contributed by atoms with Crippen LogP contribution in [0.3, 0.4) is 0 Å². The second kappa shape index (κ2) is 14.0. The van der Waals surface area contributed by atoms with E-state index in [2.05, 4.69) is 6.92 Å². The first-order chi connectivity index (χ1) is 13.3. The summed E-state index contributed by atoms with van der Waals surface area (Å²) in [7, 11) is 4.72. The van der Waals surface area contributed by atoms with Crippen LogP contribution in [0.5, 0.6) is 0 Å². The van der Waals surface area contributed by atoms with Crippen LogP contribution in [-0.4, -0.2) is 66.1 Å². The highest BCUT2D eigenvalue weighted by Crippen LogP contribution is 2.34. The zero-order valence-corrected chi connectivity index (χ0v) is 21.2. The van der Waals surface area contributed by atoms with Crippen molar-refractivity contribution in [1.29, 1.82) is 0 Å². The van der Waals surface area contributed by atoms with E-state index in [1.54, 1.807) is 42.7 Å². The van der Waals surface area contributed by atoms with Crippen molar-refractivity contribution >= 4 is 23.4 Å². The third-order valence-corrected chi connectivity index (χ3v) is 11.4. The number of hydrogen-bond acceptors (Lipinski definition) is 7. The first kappa shape index (κ1) is 27.9. The largest absolute Gasteiger partial charge is 0.500 e. The Bertz CT molecular complexity index is 382. The predicted molar refractivity (Wildman–Crippen MR) is 114 cm³/mol.